The molecule has 39 heavy (non-hydrogen) atoms. The van der Waals surface area contributed by atoms with Crippen LogP contribution in [0.1, 0.15) is 39.0 Å². The van der Waals surface area contributed by atoms with E-state index in [2.05, 4.69) is 40.4 Å². The largest absolute Gasteiger partial charge is 0.497 e. The van der Waals surface area contributed by atoms with Gasteiger partial charge in [-0.05, 0) is 80.6 Å². The topological polar surface area (TPSA) is 65.1 Å². The Labute approximate surface area is 234 Å². The summed E-state index contributed by atoms with van der Waals surface area (Å²) in [5.41, 5.74) is 2.20. The zero-order valence-corrected chi connectivity index (χ0v) is 24.4. The lowest BCUT2D eigenvalue weighted by Crippen LogP contribution is -2.53. The van der Waals surface area contributed by atoms with E-state index in [0.717, 1.165) is 73.8 Å². The number of likely N-dealkylation sites (tertiary alicyclic amines) is 2. The lowest BCUT2D eigenvalue weighted by atomic mass is 10.1. The van der Waals surface area contributed by atoms with Gasteiger partial charge in [-0.1, -0.05) is 42.9 Å². The lowest BCUT2D eigenvalue weighted by Gasteiger charge is -2.35. The summed E-state index contributed by atoms with van der Waals surface area (Å²) in [6.45, 7) is 7.47. The number of hydrogen-bond acceptors (Lipinski definition) is 5. The SMILES string of the molecule is C=S(=C)(N[C@H]1CCCN(CC(=O)N(CCC)CCN2CCCC2)C1=O)c1ccc(-c2ccc(OC)cc2)cc1. The number of rotatable bonds is 12. The molecule has 2 heterocycles. The molecule has 2 aliphatic heterocycles. The molecule has 212 valence electrons. The number of nitrogens with one attached hydrogen (secondary N) is 1. The third-order valence-electron chi connectivity index (χ3n) is 7.68. The Kier molecular flexibility index (Phi) is 10.1. The second-order valence-corrected chi connectivity index (χ2v) is 13.1. The van der Waals surface area contributed by atoms with Crippen molar-refractivity contribution in [3.05, 3.63) is 48.5 Å². The standard InChI is InChI=1S/C31H44N4O3S/c1-5-18-34(23-22-33-19-6-7-20-33)30(36)24-35-21-8-9-29(31(35)37)32-39(3,4)28-16-12-26(13-17-28)25-10-14-27(38-2)15-11-25/h10-17,29,32H,3-9,18-24H2,1-2H3/t29-/m0/s1. The number of carbonyl (C=O) groups is 2. The highest BCUT2D eigenvalue weighted by Gasteiger charge is 2.31. The maximum absolute atomic E-state index is 13.4. The summed E-state index contributed by atoms with van der Waals surface area (Å²) in [7, 11) is -0.256. The normalized spacial score (nSPS) is 18.4. The third kappa shape index (κ3) is 7.65. The van der Waals surface area contributed by atoms with Crippen LogP contribution in [-0.2, 0) is 9.59 Å². The van der Waals surface area contributed by atoms with E-state index in [-0.39, 0.29) is 24.4 Å². The van der Waals surface area contributed by atoms with Gasteiger partial charge in [-0.3, -0.25) is 14.3 Å². The van der Waals surface area contributed by atoms with Crippen molar-refractivity contribution < 1.29 is 14.3 Å². The summed E-state index contributed by atoms with van der Waals surface area (Å²) in [6.07, 6.45) is 4.97. The Hall–Kier alpha value is -2.81. The van der Waals surface area contributed by atoms with Crippen LogP contribution >= 0.6 is 9.39 Å². The predicted octanol–water partition coefficient (Wildman–Crippen LogP) is 4.22. The van der Waals surface area contributed by atoms with E-state index in [1.807, 2.05) is 41.3 Å². The first-order valence-electron chi connectivity index (χ1n) is 14.1. The van der Waals surface area contributed by atoms with Crippen molar-refractivity contribution in [3.8, 4) is 16.9 Å². The minimum atomic E-state index is -1.92. The van der Waals surface area contributed by atoms with Gasteiger partial charge in [0.1, 0.15) is 5.75 Å². The van der Waals surface area contributed by atoms with Crippen LogP contribution < -0.4 is 9.46 Å². The van der Waals surface area contributed by atoms with Crippen molar-refractivity contribution in [1.82, 2.24) is 19.4 Å². The highest BCUT2D eigenvalue weighted by atomic mass is 32.2. The molecule has 0 radical (unpaired) electrons. The number of ether oxygens (including phenoxy) is 1. The average Bonchev–Trinajstić information content (AvgIpc) is 3.47. The Morgan fingerprint density at radius 1 is 1.00 bits per heavy atom. The van der Waals surface area contributed by atoms with Crippen LogP contribution in [0.5, 0.6) is 5.75 Å². The number of methoxy groups -OCH3 is 1. The van der Waals surface area contributed by atoms with Gasteiger partial charge in [-0.2, -0.15) is 0 Å². The molecule has 1 atom stereocenters. The third-order valence-corrected chi connectivity index (χ3v) is 9.59. The second-order valence-electron chi connectivity index (χ2n) is 10.6. The molecule has 0 aliphatic carbocycles. The van der Waals surface area contributed by atoms with Gasteiger partial charge in [-0.15, -0.1) is 9.39 Å². The lowest BCUT2D eigenvalue weighted by molar-refractivity contribution is -0.143. The zero-order valence-electron chi connectivity index (χ0n) is 23.6. The molecule has 0 spiro atoms. The second kappa shape index (κ2) is 13.5. The number of amides is 2. The molecule has 2 saturated heterocycles. The van der Waals surface area contributed by atoms with Gasteiger partial charge in [0.25, 0.3) is 0 Å². The summed E-state index contributed by atoms with van der Waals surface area (Å²) in [5.74, 6) is 9.62. The molecule has 7 nitrogen and oxygen atoms in total. The van der Waals surface area contributed by atoms with Gasteiger partial charge in [-0.25, -0.2) is 0 Å². The van der Waals surface area contributed by atoms with E-state index in [9.17, 15) is 9.59 Å². The molecule has 2 aromatic rings. The maximum atomic E-state index is 13.4. The first-order valence-corrected chi connectivity index (χ1v) is 16.1. The Morgan fingerprint density at radius 2 is 1.64 bits per heavy atom. The molecular weight excluding hydrogens is 508 g/mol. The molecule has 2 fully saturated rings. The monoisotopic (exact) mass is 552 g/mol. The van der Waals surface area contributed by atoms with Gasteiger partial charge in [0, 0.05) is 31.1 Å². The van der Waals surface area contributed by atoms with Gasteiger partial charge < -0.3 is 19.4 Å². The van der Waals surface area contributed by atoms with E-state index < -0.39 is 9.39 Å². The van der Waals surface area contributed by atoms with Crippen molar-refractivity contribution in [3.63, 3.8) is 0 Å². The summed E-state index contributed by atoms with van der Waals surface area (Å²) < 4.78 is 8.73. The number of hydrogen-bond donors (Lipinski definition) is 1. The molecule has 0 unspecified atom stereocenters. The molecule has 0 aromatic heterocycles. The summed E-state index contributed by atoms with van der Waals surface area (Å²) in [6, 6.07) is 15.8. The zero-order chi connectivity index (χ0) is 27.8. The molecule has 8 heteroatoms. The first kappa shape index (κ1) is 29.2. The molecule has 4 rings (SSSR count). The molecule has 0 saturated carbocycles. The van der Waals surface area contributed by atoms with E-state index in [0.29, 0.717) is 6.54 Å². The van der Waals surface area contributed by atoms with Crippen LogP contribution in [0.4, 0.5) is 0 Å². The van der Waals surface area contributed by atoms with Gasteiger partial charge in [0.05, 0.1) is 19.7 Å². The molecule has 1 N–H and O–H groups in total. The minimum absolute atomic E-state index is 0.0235. The molecule has 2 amide bonds. The van der Waals surface area contributed by atoms with Crippen LogP contribution in [-0.4, -0.2) is 97.2 Å². The van der Waals surface area contributed by atoms with Crippen molar-refractivity contribution in [2.75, 3.05) is 52.9 Å². The van der Waals surface area contributed by atoms with Crippen molar-refractivity contribution >= 4 is 32.9 Å². The smallest absolute Gasteiger partial charge is 0.242 e. The van der Waals surface area contributed by atoms with E-state index >= 15 is 0 Å². The van der Waals surface area contributed by atoms with Crippen LogP contribution in [0.2, 0.25) is 0 Å². The van der Waals surface area contributed by atoms with Crippen LogP contribution in [0.25, 0.3) is 11.1 Å². The van der Waals surface area contributed by atoms with E-state index in [1.165, 1.54) is 12.8 Å². The number of carbonyl (C=O) groups excluding carboxylic acids is 2. The first-order chi connectivity index (χ1) is 18.8. The van der Waals surface area contributed by atoms with E-state index in [4.69, 9.17) is 4.74 Å². The van der Waals surface area contributed by atoms with Gasteiger partial charge in [0.2, 0.25) is 11.8 Å². The predicted molar refractivity (Wildman–Crippen MR) is 164 cm³/mol. The highest BCUT2D eigenvalue weighted by Crippen LogP contribution is 2.32. The van der Waals surface area contributed by atoms with Gasteiger partial charge in [0.15, 0.2) is 0 Å². The minimum Gasteiger partial charge on any atom is -0.497 e. The quantitative estimate of drug-likeness (QED) is 0.400. The number of benzene rings is 2. The number of piperidine rings is 1. The summed E-state index contributed by atoms with van der Waals surface area (Å²) in [4.78, 5) is 33.7. The number of nitrogens with zero attached hydrogens (tertiary/aromatic N) is 3. The fourth-order valence-electron chi connectivity index (χ4n) is 5.40. The van der Waals surface area contributed by atoms with Crippen LogP contribution in [0.15, 0.2) is 53.4 Å². The molecular formula is C31H44N4O3S. The molecule has 2 aromatic carbocycles. The average molecular weight is 553 g/mol. The van der Waals surface area contributed by atoms with Crippen LogP contribution in [0.3, 0.4) is 0 Å². The van der Waals surface area contributed by atoms with Crippen LogP contribution in [0, 0.1) is 0 Å². The van der Waals surface area contributed by atoms with Crippen molar-refractivity contribution in [2.45, 2.75) is 50.0 Å². The van der Waals surface area contributed by atoms with Crippen molar-refractivity contribution in [1.29, 1.82) is 0 Å². The molecule has 0 bridgehead atoms. The van der Waals surface area contributed by atoms with Crippen molar-refractivity contribution in [2.24, 2.45) is 0 Å². The Morgan fingerprint density at radius 3 is 2.26 bits per heavy atom. The fraction of sp³-hybridized carbons (Fsp3) is 0.484. The highest BCUT2D eigenvalue weighted by molar-refractivity contribution is 8.26. The molecule has 2 aliphatic rings. The van der Waals surface area contributed by atoms with Gasteiger partial charge >= 0.3 is 0 Å². The van der Waals surface area contributed by atoms with E-state index in [1.54, 1.807) is 12.0 Å². The maximum Gasteiger partial charge on any atom is 0.242 e. The summed E-state index contributed by atoms with van der Waals surface area (Å²) in [5, 5.41) is 0. The fourth-order valence-corrected chi connectivity index (χ4v) is 6.96. The Bertz CT molecular complexity index is 1210. The summed E-state index contributed by atoms with van der Waals surface area (Å²) >= 11 is 0. The Balaban J connectivity index is 1.36.